The Morgan fingerprint density at radius 3 is 2.50 bits per heavy atom. The van der Waals surface area contributed by atoms with Gasteiger partial charge in [-0.3, -0.25) is 9.59 Å². The summed E-state index contributed by atoms with van der Waals surface area (Å²) in [6, 6.07) is 13.3. The first-order chi connectivity index (χ1) is 13.6. The van der Waals surface area contributed by atoms with Crippen LogP contribution in [-0.2, 0) is 4.79 Å². The van der Waals surface area contributed by atoms with E-state index in [4.69, 9.17) is 0 Å². The minimum absolute atomic E-state index is 0.0235. The Kier molecular flexibility index (Phi) is 5.10. The van der Waals surface area contributed by atoms with E-state index in [0.29, 0.717) is 5.56 Å². The number of rotatable bonds is 4. The molecule has 3 aromatic rings. The Balaban J connectivity index is 1.52. The molecule has 0 radical (unpaired) electrons. The molecule has 144 valence electrons. The van der Waals surface area contributed by atoms with Gasteiger partial charge in [-0.25, -0.2) is 4.98 Å². The standard InChI is InChI=1S/C22H24N4O2/c1-14(27)23-18-10-7-15(8-11-18)21-25-19-12-9-16(13-20(19)26-21)22(28)24-17-5-3-2-4-6-17/h7-13,17H,2-6H2,1H3,(H,23,27)(H,24,28)(H,25,26). The lowest BCUT2D eigenvalue weighted by molar-refractivity contribution is -0.114. The van der Waals surface area contributed by atoms with E-state index in [0.717, 1.165) is 41.0 Å². The molecule has 28 heavy (non-hydrogen) atoms. The molecular formula is C22H24N4O2. The molecule has 1 aliphatic carbocycles. The Hall–Kier alpha value is -3.15. The molecule has 4 rings (SSSR count). The lowest BCUT2D eigenvalue weighted by Crippen LogP contribution is -2.36. The molecule has 3 N–H and O–H groups in total. The van der Waals surface area contributed by atoms with Crippen molar-refractivity contribution in [3.63, 3.8) is 0 Å². The third-order valence-electron chi connectivity index (χ3n) is 5.16. The van der Waals surface area contributed by atoms with Crippen molar-refractivity contribution in [2.24, 2.45) is 0 Å². The maximum atomic E-state index is 12.6. The van der Waals surface area contributed by atoms with E-state index < -0.39 is 0 Å². The maximum Gasteiger partial charge on any atom is 0.251 e. The number of aromatic amines is 1. The van der Waals surface area contributed by atoms with Crippen molar-refractivity contribution in [3.8, 4) is 11.4 Å². The van der Waals surface area contributed by atoms with Crippen molar-refractivity contribution in [3.05, 3.63) is 48.0 Å². The molecule has 0 bridgehead atoms. The van der Waals surface area contributed by atoms with Crippen LogP contribution in [0.2, 0.25) is 0 Å². The Labute approximate surface area is 163 Å². The van der Waals surface area contributed by atoms with Gasteiger partial charge in [-0.1, -0.05) is 19.3 Å². The highest BCUT2D eigenvalue weighted by atomic mass is 16.2. The highest BCUT2D eigenvalue weighted by Gasteiger charge is 2.17. The van der Waals surface area contributed by atoms with Crippen LogP contribution in [0.5, 0.6) is 0 Å². The smallest absolute Gasteiger partial charge is 0.251 e. The van der Waals surface area contributed by atoms with Gasteiger partial charge >= 0.3 is 0 Å². The zero-order valence-corrected chi connectivity index (χ0v) is 15.9. The molecule has 6 nitrogen and oxygen atoms in total. The molecule has 0 aliphatic heterocycles. The summed E-state index contributed by atoms with van der Waals surface area (Å²) >= 11 is 0. The normalized spacial score (nSPS) is 14.8. The molecule has 0 atom stereocenters. The highest BCUT2D eigenvalue weighted by Crippen LogP contribution is 2.23. The predicted molar refractivity (Wildman–Crippen MR) is 110 cm³/mol. The van der Waals surface area contributed by atoms with Gasteiger partial charge in [-0.05, 0) is 55.3 Å². The SMILES string of the molecule is CC(=O)Nc1ccc(-c2nc3ccc(C(=O)NC4CCCCC4)cc3[nH]2)cc1. The molecule has 6 heteroatoms. The molecule has 1 aliphatic rings. The van der Waals surface area contributed by atoms with Gasteiger partial charge < -0.3 is 15.6 Å². The van der Waals surface area contributed by atoms with Crippen LogP contribution in [0, 0.1) is 0 Å². The largest absolute Gasteiger partial charge is 0.349 e. The van der Waals surface area contributed by atoms with Crippen LogP contribution in [0.1, 0.15) is 49.4 Å². The minimum atomic E-state index is -0.101. The molecule has 1 heterocycles. The topological polar surface area (TPSA) is 86.9 Å². The Morgan fingerprint density at radius 1 is 1.04 bits per heavy atom. The molecule has 2 aromatic carbocycles. The zero-order valence-electron chi connectivity index (χ0n) is 15.9. The number of carbonyl (C=O) groups excluding carboxylic acids is 2. The predicted octanol–water partition coefficient (Wildman–Crippen LogP) is 4.25. The van der Waals surface area contributed by atoms with Gasteiger partial charge in [0.05, 0.1) is 11.0 Å². The van der Waals surface area contributed by atoms with Crippen molar-refractivity contribution < 1.29 is 9.59 Å². The number of hydrogen-bond acceptors (Lipinski definition) is 3. The highest BCUT2D eigenvalue weighted by molar-refractivity contribution is 5.98. The molecule has 0 unspecified atom stereocenters. The van der Waals surface area contributed by atoms with E-state index in [-0.39, 0.29) is 17.9 Å². The molecule has 2 amide bonds. The number of amides is 2. The second kappa shape index (κ2) is 7.84. The van der Waals surface area contributed by atoms with Gasteiger partial charge in [0.1, 0.15) is 5.82 Å². The lowest BCUT2D eigenvalue weighted by atomic mass is 9.95. The van der Waals surface area contributed by atoms with Gasteiger partial charge in [0.25, 0.3) is 5.91 Å². The number of anilines is 1. The number of imidazole rings is 1. The van der Waals surface area contributed by atoms with Gasteiger partial charge in [-0.15, -0.1) is 0 Å². The second-order valence-electron chi connectivity index (χ2n) is 7.38. The van der Waals surface area contributed by atoms with Crippen molar-refractivity contribution in [2.45, 2.75) is 45.1 Å². The summed E-state index contributed by atoms with van der Waals surface area (Å²) < 4.78 is 0. The molecule has 1 aromatic heterocycles. The van der Waals surface area contributed by atoms with E-state index in [9.17, 15) is 9.59 Å². The van der Waals surface area contributed by atoms with E-state index in [2.05, 4.69) is 20.6 Å². The first kappa shape index (κ1) is 18.2. The van der Waals surface area contributed by atoms with Crippen LogP contribution < -0.4 is 10.6 Å². The fourth-order valence-electron chi connectivity index (χ4n) is 3.72. The minimum Gasteiger partial charge on any atom is -0.349 e. The summed E-state index contributed by atoms with van der Waals surface area (Å²) in [5, 5.41) is 5.90. The average molecular weight is 376 g/mol. The van der Waals surface area contributed by atoms with Crippen LogP contribution >= 0.6 is 0 Å². The number of fused-ring (bicyclic) bond motifs is 1. The summed E-state index contributed by atoms with van der Waals surface area (Å²) in [6.07, 6.45) is 5.78. The molecule has 1 saturated carbocycles. The maximum absolute atomic E-state index is 12.6. The number of carbonyl (C=O) groups is 2. The van der Waals surface area contributed by atoms with Crippen LogP contribution in [-0.4, -0.2) is 27.8 Å². The lowest BCUT2D eigenvalue weighted by Gasteiger charge is -2.22. The van der Waals surface area contributed by atoms with Crippen molar-refractivity contribution in [1.29, 1.82) is 0 Å². The fourth-order valence-corrected chi connectivity index (χ4v) is 3.72. The van der Waals surface area contributed by atoms with Gasteiger partial charge in [0, 0.05) is 29.8 Å². The quantitative estimate of drug-likeness (QED) is 0.636. The molecule has 0 saturated heterocycles. The average Bonchev–Trinajstić information content (AvgIpc) is 3.12. The molecule has 0 spiro atoms. The second-order valence-corrected chi connectivity index (χ2v) is 7.38. The summed E-state index contributed by atoms with van der Waals surface area (Å²) in [5.74, 6) is 0.606. The van der Waals surface area contributed by atoms with Gasteiger partial charge in [0.2, 0.25) is 5.91 Å². The van der Waals surface area contributed by atoms with Gasteiger partial charge in [-0.2, -0.15) is 0 Å². The van der Waals surface area contributed by atoms with Crippen molar-refractivity contribution in [1.82, 2.24) is 15.3 Å². The van der Waals surface area contributed by atoms with Crippen molar-refractivity contribution >= 4 is 28.5 Å². The number of H-pyrrole nitrogens is 1. The number of hydrogen-bond donors (Lipinski definition) is 3. The van der Waals surface area contributed by atoms with E-state index in [1.165, 1.54) is 26.2 Å². The van der Waals surface area contributed by atoms with Crippen molar-refractivity contribution in [2.75, 3.05) is 5.32 Å². The summed E-state index contributed by atoms with van der Waals surface area (Å²) in [5.41, 5.74) is 3.95. The van der Waals surface area contributed by atoms with Crippen LogP contribution in [0.25, 0.3) is 22.4 Å². The fraction of sp³-hybridized carbons (Fsp3) is 0.318. The molecular weight excluding hydrogens is 352 g/mol. The number of nitrogens with one attached hydrogen (secondary N) is 3. The summed E-state index contributed by atoms with van der Waals surface area (Å²) in [7, 11) is 0. The van der Waals surface area contributed by atoms with Crippen LogP contribution in [0.15, 0.2) is 42.5 Å². The summed E-state index contributed by atoms with van der Waals surface area (Å²) in [6.45, 7) is 1.48. The first-order valence-electron chi connectivity index (χ1n) is 9.77. The van der Waals surface area contributed by atoms with Crippen LogP contribution in [0.4, 0.5) is 5.69 Å². The van der Waals surface area contributed by atoms with Crippen LogP contribution in [0.3, 0.4) is 0 Å². The van der Waals surface area contributed by atoms with E-state index >= 15 is 0 Å². The zero-order chi connectivity index (χ0) is 19.5. The monoisotopic (exact) mass is 376 g/mol. The first-order valence-corrected chi connectivity index (χ1v) is 9.77. The third-order valence-corrected chi connectivity index (χ3v) is 5.16. The Bertz CT molecular complexity index is 1000. The number of benzene rings is 2. The molecule has 1 fully saturated rings. The van der Waals surface area contributed by atoms with Gasteiger partial charge in [0.15, 0.2) is 0 Å². The number of nitrogens with zero attached hydrogens (tertiary/aromatic N) is 1. The third kappa shape index (κ3) is 4.06. The summed E-state index contributed by atoms with van der Waals surface area (Å²) in [4.78, 5) is 31.6. The number of aromatic nitrogens is 2. The van der Waals surface area contributed by atoms with E-state index in [1.807, 2.05) is 42.5 Å². The Morgan fingerprint density at radius 2 is 1.79 bits per heavy atom. The van der Waals surface area contributed by atoms with E-state index in [1.54, 1.807) is 0 Å².